The van der Waals surface area contributed by atoms with E-state index in [1.165, 1.54) is 6.08 Å². The van der Waals surface area contributed by atoms with E-state index in [9.17, 15) is 9.18 Å². The molecule has 0 aromatic rings. The topological polar surface area (TPSA) is 69.1 Å². The van der Waals surface area contributed by atoms with Gasteiger partial charge in [-0.1, -0.05) is 6.08 Å². The zero-order valence-electron chi connectivity index (χ0n) is 6.75. The number of halogens is 1. The predicted molar refractivity (Wildman–Crippen MR) is 39.0 cm³/mol. The van der Waals surface area contributed by atoms with Crippen molar-refractivity contribution in [1.82, 2.24) is 0 Å². The number of amides is 1. The number of primary amides is 1. The van der Waals surface area contributed by atoms with Gasteiger partial charge in [-0.2, -0.15) is 0 Å². The fraction of sp³-hybridized carbons (Fsp3) is 0.286. The summed E-state index contributed by atoms with van der Waals surface area (Å²) in [7, 11) is 0. The minimum absolute atomic E-state index is 0.201. The minimum Gasteiger partial charge on any atom is -0.399 e. The van der Waals surface area contributed by atoms with Crippen LogP contribution in [0.3, 0.4) is 0 Å². The highest BCUT2D eigenvalue weighted by Gasteiger charge is 2.24. The Bertz CT molecular complexity index is 277. The molecule has 2 atom stereocenters. The molecular formula is C7H9FN2O. The summed E-state index contributed by atoms with van der Waals surface area (Å²) in [6, 6.07) is 0. The van der Waals surface area contributed by atoms with Gasteiger partial charge in [0, 0.05) is 7.07 Å². The Morgan fingerprint density at radius 3 is 2.91 bits per heavy atom. The standard InChI is InChI=1S/C7H9FN2O/c8-6-3-4(9)1-2-5(6)7(10)11/h1-3,5-6H,9H2,(H2,10,11)/i5D. The van der Waals surface area contributed by atoms with Gasteiger partial charge in [0.1, 0.15) is 6.17 Å². The van der Waals surface area contributed by atoms with E-state index in [-0.39, 0.29) is 5.70 Å². The Morgan fingerprint density at radius 2 is 2.45 bits per heavy atom. The third-order valence-electron chi connectivity index (χ3n) is 1.38. The van der Waals surface area contributed by atoms with Crippen LogP contribution in [0.1, 0.15) is 1.37 Å². The molecule has 0 fully saturated rings. The van der Waals surface area contributed by atoms with Crippen LogP contribution in [-0.4, -0.2) is 12.1 Å². The molecule has 3 nitrogen and oxygen atoms in total. The summed E-state index contributed by atoms with van der Waals surface area (Å²) < 4.78 is 20.4. The molecule has 0 saturated heterocycles. The van der Waals surface area contributed by atoms with Gasteiger partial charge in [-0.05, 0) is 12.2 Å². The van der Waals surface area contributed by atoms with Crippen molar-refractivity contribution >= 4 is 5.91 Å². The third-order valence-corrected chi connectivity index (χ3v) is 1.38. The van der Waals surface area contributed by atoms with E-state index >= 15 is 0 Å². The second-order valence-electron chi connectivity index (χ2n) is 2.22. The maximum atomic E-state index is 13.0. The summed E-state index contributed by atoms with van der Waals surface area (Å²) in [5.74, 6) is -3.02. The van der Waals surface area contributed by atoms with Gasteiger partial charge < -0.3 is 11.5 Å². The van der Waals surface area contributed by atoms with Crippen LogP contribution in [-0.2, 0) is 4.79 Å². The normalized spacial score (nSPS) is 37.7. The molecule has 4 N–H and O–H groups in total. The molecule has 0 spiro atoms. The number of carbonyl (C=O) groups excluding carboxylic acids is 1. The maximum Gasteiger partial charge on any atom is 0.227 e. The number of nitrogens with two attached hydrogens (primary N) is 2. The average molecular weight is 157 g/mol. The van der Waals surface area contributed by atoms with Crippen LogP contribution in [0.4, 0.5) is 4.39 Å². The lowest BCUT2D eigenvalue weighted by Gasteiger charge is -2.14. The molecule has 11 heavy (non-hydrogen) atoms. The highest BCUT2D eigenvalue weighted by atomic mass is 19.1. The average Bonchev–Trinajstić information content (AvgIpc) is 1.97. The van der Waals surface area contributed by atoms with Crippen molar-refractivity contribution in [3.63, 3.8) is 0 Å². The summed E-state index contributed by atoms with van der Waals surface area (Å²) in [6.45, 7) is 0. The molecule has 0 aromatic heterocycles. The lowest BCUT2D eigenvalue weighted by molar-refractivity contribution is -0.121. The van der Waals surface area contributed by atoms with E-state index in [0.29, 0.717) is 0 Å². The fourth-order valence-corrected chi connectivity index (χ4v) is 0.810. The first kappa shape index (κ1) is 6.39. The van der Waals surface area contributed by atoms with Crippen LogP contribution in [0.5, 0.6) is 0 Å². The quantitative estimate of drug-likeness (QED) is 0.555. The van der Waals surface area contributed by atoms with Crippen molar-refractivity contribution in [2.45, 2.75) is 6.17 Å². The zero-order valence-corrected chi connectivity index (χ0v) is 5.75. The first-order valence-electron chi connectivity index (χ1n) is 3.57. The second kappa shape index (κ2) is 2.74. The molecule has 0 saturated carbocycles. The molecule has 0 heterocycles. The number of hydrogen-bond donors (Lipinski definition) is 2. The van der Waals surface area contributed by atoms with Crippen molar-refractivity contribution < 1.29 is 10.6 Å². The van der Waals surface area contributed by atoms with Gasteiger partial charge >= 0.3 is 0 Å². The Kier molecular flexibility index (Phi) is 1.59. The lowest BCUT2D eigenvalue weighted by Crippen LogP contribution is -2.30. The van der Waals surface area contributed by atoms with Gasteiger partial charge in [0.15, 0.2) is 0 Å². The molecular weight excluding hydrogens is 147 g/mol. The molecule has 60 valence electrons. The zero-order chi connectivity index (χ0) is 9.35. The first-order valence-corrected chi connectivity index (χ1v) is 3.07. The lowest BCUT2D eigenvalue weighted by atomic mass is 9.97. The summed E-state index contributed by atoms with van der Waals surface area (Å²) in [5, 5.41) is 0. The van der Waals surface area contributed by atoms with Gasteiger partial charge in [0.05, 0.1) is 5.89 Å². The SMILES string of the molecule is [2H]C1(C(N)=O)C=CC(N)=CC1F. The molecule has 1 aliphatic carbocycles. The van der Waals surface area contributed by atoms with Crippen LogP contribution in [0, 0.1) is 5.89 Å². The number of rotatable bonds is 1. The predicted octanol–water partition coefficient (Wildman–Crippen LogP) is -0.162. The second-order valence-corrected chi connectivity index (χ2v) is 2.22. The van der Waals surface area contributed by atoms with Crippen LogP contribution >= 0.6 is 0 Å². The van der Waals surface area contributed by atoms with E-state index in [0.717, 1.165) is 12.2 Å². The molecule has 0 radical (unpaired) electrons. The summed E-state index contributed by atoms with van der Waals surface area (Å²) in [5.41, 5.74) is 10.3. The first-order chi connectivity index (χ1) is 5.47. The summed E-state index contributed by atoms with van der Waals surface area (Å²) in [4.78, 5) is 10.7. The number of hydrogen-bond acceptors (Lipinski definition) is 2. The Morgan fingerprint density at radius 1 is 1.82 bits per heavy atom. The van der Waals surface area contributed by atoms with Crippen LogP contribution < -0.4 is 11.5 Å². The van der Waals surface area contributed by atoms with E-state index in [1.807, 2.05) is 0 Å². The van der Waals surface area contributed by atoms with Gasteiger partial charge in [-0.25, -0.2) is 4.39 Å². The highest BCUT2D eigenvalue weighted by molar-refractivity contribution is 5.80. The molecule has 1 amide bonds. The van der Waals surface area contributed by atoms with Gasteiger partial charge in [-0.3, -0.25) is 4.79 Å². The van der Waals surface area contributed by atoms with Gasteiger partial charge in [0.25, 0.3) is 0 Å². The molecule has 2 unspecified atom stereocenters. The molecule has 1 rings (SSSR count). The molecule has 0 bridgehead atoms. The van der Waals surface area contributed by atoms with E-state index in [2.05, 4.69) is 0 Å². The maximum absolute atomic E-state index is 13.0. The van der Waals surface area contributed by atoms with Crippen molar-refractivity contribution in [3.8, 4) is 0 Å². The van der Waals surface area contributed by atoms with E-state index in [4.69, 9.17) is 12.8 Å². The number of alkyl halides is 1. The van der Waals surface area contributed by atoms with Crippen molar-refractivity contribution in [3.05, 3.63) is 23.9 Å². The largest absolute Gasteiger partial charge is 0.399 e. The monoisotopic (exact) mass is 157 g/mol. The molecule has 1 aliphatic rings. The van der Waals surface area contributed by atoms with E-state index in [1.54, 1.807) is 0 Å². The minimum atomic E-state index is -2.00. The number of allylic oxidation sites excluding steroid dienone is 2. The van der Waals surface area contributed by atoms with Crippen LogP contribution in [0.25, 0.3) is 0 Å². The summed E-state index contributed by atoms with van der Waals surface area (Å²) >= 11 is 0. The van der Waals surface area contributed by atoms with Crippen LogP contribution in [0.15, 0.2) is 23.9 Å². The third kappa shape index (κ3) is 1.58. The molecule has 0 aliphatic heterocycles. The Hall–Kier alpha value is -1.32. The van der Waals surface area contributed by atoms with Crippen LogP contribution in [0.2, 0.25) is 0 Å². The number of carbonyl (C=O) groups is 1. The van der Waals surface area contributed by atoms with Crippen molar-refractivity contribution in [2.24, 2.45) is 17.4 Å². The van der Waals surface area contributed by atoms with E-state index < -0.39 is 18.0 Å². The van der Waals surface area contributed by atoms with Gasteiger partial charge in [-0.15, -0.1) is 0 Å². The summed E-state index contributed by atoms with van der Waals surface area (Å²) in [6.07, 6.45) is 1.60. The fourth-order valence-electron chi connectivity index (χ4n) is 0.810. The Labute approximate surface area is 65.0 Å². The highest BCUT2D eigenvalue weighted by Crippen LogP contribution is 2.17. The van der Waals surface area contributed by atoms with Gasteiger partial charge in [0.2, 0.25) is 5.91 Å². The molecule has 0 aromatic carbocycles. The smallest absolute Gasteiger partial charge is 0.227 e. The Balaban J connectivity index is 2.99. The van der Waals surface area contributed by atoms with Crippen molar-refractivity contribution in [1.29, 1.82) is 0 Å². The molecule has 4 heteroatoms. The van der Waals surface area contributed by atoms with Crippen molar-refractivity contribution in [2.75, 3.05) is 0 Å².